The zero-order chi connectivity index (χ0) is 13.1. The number of rotatable bonds is 3. The molecule has 0 heterocycles. The lowest BCUT2D eigenvalue weighted by Gasteiger charge is -2.19. The second-order valence-corrected chi connectivity index (χ2v) is 5.85. The molecule has 0 aliphatic rings. The predicted octanol–water partition coefficient (Wildman–Crippen LogP) is 4.01. The number of hydrogen-bond donors (Lipinski definition) is 1. The number of benzene rings is 1. The van der Waals surface area contributed by atoms with E-state index in [9.17, 15) is 0 Å². The standard InChI is InChI=1S/C16H25N/c1-12-10-13(2)15(14(3)11-12)8-7-9-17-16(4,5)6/h7-8,10-11,17H,9H2,1-6H3. The van der Waals surface area contributed by atoms with Gasteiger partial charge in [-0.15, -0.1) is 0 Å². The van der Waals surface area contributed by atoms with Crippen LogP contribution in [0.25, 0.3) is 6.08 Å². The fourth-order valence-corrected chi connectivity index (χ4v) is 2.00. The molecule has 0 bridgehead atoms. The number of nitrogens with one attached hydrogen (secondary N) is 1. The second kappa shape index (κ2) is 5.50. The van der Waals surface area contributed by atoms with Gasteiger partial charge in [-0.25, -0.2) is 0 Å². The molecule has 0 saturated carbocycles. The SMILES string of the molecule is Cc1cc(C)c(C=CCNC(C)(C)C)c(C)c1. The molecule has 1 rings (SSSR count). The molecule has 0 fully saturated rings. The first kappa shape index (κ1) is 14.0. The van der Waals surface area contributed by atoms with E-state index in [1.165, 1.54) is 22.3 Å². The van der Waals surface area contributed by atoms with Crippen molar-refractivity contribution < 1.29 is 0 Å². The van der Waals surface area contributed by atoms with Crippen LogP contribution in [0.4, 0.5) is 0 Å². The normalized spacial score (nSPS) is 12.4. The van der Waals surface area contributed by atoms with Crippen molar-refractivity contribution in [3.63, 3.8) is 0 Å². The molecule has 1 nitrogen and oxygen atoms in total. The minimum absolute atomic E-state index is 0.182. The third kappa shape index (κ3) is 4.74. The van der Waals surface area contributed by atoms with E-state index >= 15 is 0 Å². The third-order valence-electron chi connectivity index (χ3n) is 2.77. The summed E-state index contributed by atoms with van der Waals surface area (Å²) in [5.41, 5.74) is 5.59. The largest absolute Gasteiger partial charge is 0.309 e. The lowest BCUT2D eigenvalue weighted by molar-refractivity contribution is 0.450. The Kier molecular flexibility index (Phi) is 4.53. The first-order valence-electron chi connectivity index (χ1n) is 6.29. The zero-order valence-electron chi connectivity index (χ0n) is 12.0. The van der Waals surface area contributed by atoms with Gasteiger partial charge in [-0.2, -0.15) is 0 Å². The van der Waals surface area contributed by atoms with Gasteiger partial charge in [0.05, 0.1) is 0 Å². The highest BCUT2D eigenvalue weighted by Crippen LogP contribution is 2.17. The van der Waals surface area contributed by atoms with Crippen molar-refractivity contribution in [2.45, 2.75) is 47.1 Å². The summed E-state index contributed by atoms with van der Waals surface area (Å²) in [6, 6.07) is 4.48. The third-order valence-corrected chi connectivity index (χ3v) is 2.77. The molecule has 0 aliphatic heterocycles. The van der Waals surface area contributed by atoms with Gasteiger partial charge < -0.3 is 5.32 Å². The molecule has 1 N–H and O–H groups in total. The molecule has 0 saturated heterocycles. The maximum absolute atomic E-state index is 3.46. The Morgan fingerprint density at radius 1 is 1.06 bits per heavy atom. The predicted molar refractivity (Wildman–Crippen MR) is 77.4 cm³/mol. The summed E-state index contributed by atoms with van der Waals surface area (Å²) in [6.45, 7) is 14.0. The molecule has 0 aromatic heterocycles. The molecular weight excluding hydrogens is 206 g/mol. The van der Waals surface area contributed by atoms with Crippen LogP contribution in [0, 0.1) is 20.8 Å². The summed E-state index contributed by atoms with van der Waals surface area (Å²) in [5, 5.41) is 3.46. The van der Waals surface area contributed by atoms with Gasteiger partial charge in [0, 0.05) is 12.1 Å². The minimum atomic E-state index is 0.182. The highest BCUT2D eigenvalue weighted by molar-refractivity contribution is 5.58. The fourth-order valence-electron chi connectivity index (χ4n) is 2.00. The van der Waals surface area contributed by atoms with Gasteiger partial charge in [0.2, 0.25) is 0 Å². The summed E-state index contributed by atoms with van der Waals surface area (Å²) in [7, 11) is 0. The number of aryl methyl sites for hydroxylation is 3. The molecule has 1 aromatic carbocycles. The summed E-state index contributed by atoms with van der Waals surface area (Å²) < 4.78 is 0. The molecule has 0 radical (unpaired) electrons. The van der Waals surface area contributed by atoms with E-state index < -0.39 is 0 Å². The number of hydrogen-bond acceptors (Lipinski definition) is 1. The summed E-state index contributed by atoms with van der Waals surface area (Å²) in [6.07, 6.45) is 4.43. The van der Waals surface area contributed by atoms with Crippen LogP contribution in [-0.2, 0) is 0 Å². The Bertz CT molecular complexity index is 385. The van der Waals surface area contributed by atoms with E-state index in [0.717, 1.165) is 6.54 Å². The topological polar surface area (TPSA) is 12.0 Å². The lowest BCUT2D eigenvalue weighted by Crippen LogP contribution is -2.35. The van der Waals surface area contributed by atoms with Crippen molar-refractivity contribution in [1.82, 2.24) is 5.32 Å². The summed E-state index contributed by atoms with van der Waals surface area (Å²) >= 11 is 0. The van der Waals surface area contributed by atoms with Crippen molar-refractivity contribution in [1.29, 1.82) is 0 Å². The molecule has 0 amide bonds. The van der Waals surface area contributed by atoms with Crippen molar-refractivity contribution in [2.24, 2.45) is 0 Å². The Labute approximate surface area is 106 Å². The molecule has 0 unspecified atom stereocenters. The molecule has 94 valence electrons. The van der Waals surface area contributed by atoms with Gasteiger partial charge in [0.25, 0.3) is 0 Å². The maximum Gasteiger partial charge on any atom is 0.0143 e. The van der Waals surface area contributed by atoms with E-state index in [1.807, 2.05) is 0 Å². The van der Waals surface area contributed by atoms with E-state index in [2.05, 4.69) is 71.1 Å². The zero-order valence-corrected chi connectivity index (χ0v) is 12.0. The Hall–Kier alpha value is -1.08. The smallest absolute Gasteiger partial charge is 0.0143 e. The average Bonchev–Trinajstić information content (AvgIpc) is 2.13. The highest BCUT2D eigenvalue weighted by atomic mass is 14.9. The van der Waals surface area contributed by atoms with Crippen LogP contribution < -0.4 is 5.32 Å². The van der Waals surface area contributed by atoms with Crippen LogP contribution in [0.1, 0.15) is 43.0 Å². The molecule has 0 atom stereocenters. The van der Waals surface area contributed by atoms with E-state index in [0.29, 0.717) is 0 Å². The van der Waals surface area contributed by atoms with Gasteiger partial charge in [0.1, 0.15) is 0 Å². The molecular formula is C16H25N. The molecule has 0 spiro atoms. The quantitative estimate of drug-likeness (QED) is 0.828. The first-order chi connectivity index (χ1) is 7.79. The lowest BCUT2D eigenvalue weighted by atomic mass is 9.99. The van der Waals surface area contributed by atoms with Crippen LogP contribution in [-0.4, -0.2) is 12.1 Å². The highest BCUT2D eigenvalue weighted by Gasteiger charge is 2.06. The van der Waals surface area contributed by atoms with E-state index in [4.69, 9.17) is 0 Å². The van der Waals surface area contributed by atoms with Crippen LogP contribution in [0.3, 0.4) is 0 Å². The van der Waals surface area contributed by atoms with Gasteiger partial charge in [-0.1, -0.05) is 29.8 Å². The molecule has 1 aromatic rings. The van der Waals surface area contributed by atoms with Crippen molar-refractivity contribution >= 4 is 6.08 Å². The van der Waals surface area contributed by atoms with Crippen LogP contribution >= 0.6 is 0 Å². The fraction of sp³-hybridized carbons (Fsp3) is 0.500. The Balaban J connectivity index is 2.72. The van der Waals surface area contributed by atoms with Crippen LogP contribution in [0.2, 0.25) is 0 Å². The minimum Gasteiger partial charge on any atom is -0.309 e. The van der Waals surface area contributed by atoms with Gasteiger partial charge in [0.15, 0.2) is 0 Å². The van der Waals surface area contributed by atoms with E-state index in [-0.39, 0.29) is 5.54 Å². The molecule has 0 aliphatic carbocycles. The van der Waals surface area contributed by atoms with Gasteiger partial charge >= 0.3 is 0 Å². The van der Waals surface area contributed by atoms with Crippen molar-refractivity contribution in [3.8, 4) is 0 Å². The Morgan fingerprint density at radius 3 is 2.06 bits per heavy atom. The molecule has 17 heavy (non-hydrogen) atoms. The van der Waals surface area contributed by atoms with Crippen LogP contribution in [0.5, 0.6) is 0 Å². The summed E-state index contributed by atoms with van der Waals surface area (Å²) in [4.78, 5) is 0. The maximum atomic E-state index is 3.46. The monoisotopic (exact) mass is 231 g/mol. The van der Waals surface area contributed by atoms with E-state index in [1.54, 1.807) is 0 Å². The molecule has 1 heteroatoms. The van der Waals surface area contributed by atoms with Crippen LogP contribution in [0.15, 0.2) is 18.2 Å². The van der Waals surface area contributed by atoms with Gasteiger partial charge in [-0.3, -0.25) is 0 Å². The van der Waals surface area contributed by atoms with Crippen molar-refractivity contribution in [2.75, 3.05) is 6.54 Å². The average molecular weight is 231 g/mol. The Morgan fingerprint density at radius 2 is 1.59 bits per heavy atom. The van der Waals surface area contributed by atoms with Crippen molar-refractivity contribution in [3.05, 3.63) is 40.5 Å². The second-order valence-electron chi connectivity index (χ2n) is 5.85. The summed E-state index contributed by atoms with van der Waals surface area (Å²) in [5.74, 6) is 0. The first-order valence-corrected chi connectivity index (χ1v) is 6.29. The van der Waals surface area contributed by atoms with Gasteiger partial charge in [-0.05, 0) is 58.2 Å².